The highest BCUT2D eigenvalue weighted by Crippen LogP contribution is 2.60. The lowest BCUT2D eigenvalue weighted by atomic mass is 9.59. The minimum Gasteiger partial charge on any atom is -0.374 e. The van der Waals surface area contributed by atoms with Crippen LogP contribution in [-0.4, -0.2) is 59.6 Å². The molecule has 13 fully saturated rings. The number of fused-ring (bicyclic) bond motifs is 11. The van der Waals surface area contributed by atoms with Gasteiger partial charge in [0.2, 0.25) is 0 Å². The maximum atomic E-state index is 7.54. The van der Waals surface area contributed by atoms with Gasteiger partial charge in [-0.1, -0.05) is 83.5 Å². The molecule has 3 saturated heterocycles. The van der Waals surface area contributed by atoms with Crippen LogP contribution in [0.4, 0.5) is 0 Å². The Morgan fingerprint density at radius 2 is 0.742 bits per heavy atom. The van der Waals surface area contributed by atoms with E-state index in [4.69, 9.17) is 14.2 Å². The normalized spacial score (nSPS) is 54.3. The predicted octanol–water partition coefficient (Wildman–Crippen LogP) is 14.1. The van der Waals surface area contributed by atoms with Crippen molar-refractivity contribution in [1.82, 2.24) is 4.90 Å². The van der Waals surface area contributed by atoms with Gasteiger partial charge in [-0.2, -0.15) is 0 Å². The van der Waals surface area contributed by atoms with Crippen molar-refractivity contribution in [3.05, 3.63) is 0 Å². The molecular formula is C58H93NO3. The van der Waals surface area contributed by atoms with Crippen LogP contribution in [0.3, 0.4) is 0 Å². The highest BCUT2D eigenvalue weighted by Gasteiger charge is 2.61. The van der Waals surface area contributed by atoms with Gasteiger partial charge >= 0.3 is 0 Å². The lowest BCUT2D eigenvalue weighted by Gasteiger charge is -2.52. The van der Waals surface area contributed by atoms with Crippen molar-refractivity contribution in [3.8, 4) is 0 Å². The van der Waals surface area contributed by atoms with Crippen LogP contribution in [-0.2, 0) is 14.2 Å². The quantitative estimate of drug-likeness (QED) is 0.266. The molecule has 3 heterocycles. The maximum Gasteiger partial charge on any atom is 0.0667 e. The fourth-order valence-corrected chi connectivity index (χ4v) is 21.3. The Morgan fingerprint density at radius 3 is 1.56 bits per heavy atom. The van der Waals surface area contributed by atoms with Crippen molar-refractivity contribution in [2.75, 3.05) is 0 Å². The average Bonchev–Trinajstić information content (AvgIpc) is 4.03. The van der Waals surface area contributed by atoms with Crippen LogP contribution in [0.5, 0.6) is 0 Å². The Kier molecular flexibility index (Phi) is 12.2. The van der Waals surface area contributed by atoms with Crippen LogP contribution >= 0.6 is 0 Å². The van der Waals surface area contributed by atoms with Crippen molar-refractivity contribution < 1.29 is 14.2 Å². The third-order valence-electron chi connectivity index (χ3n) is 23.9. The summed E-state index contributed by atoms with van der Waals surface area (Å²) in [5, 5.41) is 0. The molecule has 13 rings (SSSR count). The molecule has 18 atom stereocenters. The minimum absolute atomic E-state index is 0.505. The predicted molar refractivity (Wildman–Crippen MR) is 250 cm³/mol. The largest absolute Gasteiger partial charge is 0.374 e. The molecule has 10 saturated carbocycles. The summed E-state index contributed by atoms with van der Waals surface area (Å²) in [5.74, 6) is 12.9. The number of hydrogen-bond donors (Lipinski definition) is 0. The first-order valence-electron chi connectivity index (χ1n) is 29.5. The highest BCUT2D eigenvalue weighted by molar-refractivity contribution is 5.09. The molecule has 10 aliphatic carbocycles. The van der Waals surface area contributed by atoms with E-state index in [-0.39, 0.29) is 0 Å². The van der Waals surface area contributed by atoms with Crippen molar-refractivity contribution in [1.29, 1.82) is 0 Å². The van der Waals surface area contributed by atoms with E-state index in [9.17, 15) is 0 Å². The number of nitrogens with zero attached hydrogens (tertiary/aromatic N) is 1. The number of rotatable bonds is 6. The summed E-state index contributed by atoms with van der Waals surface area (Å²) >= 11 is 0. The molecule has 0 N–H and O–H groups in total. The van der Waals surface area contributed by atoms with Gasteiger partial charge in [-0.25, -0.2) is 0 Å². The maximum absolute atomic E-state index is 7.54. The zero-order valence-electron chi connectivity index (χ0n) is 39.7. The summed E-state index contributed by atoms with van der Waals surface area (Å²) in [6.45, 7) is 0. The monoisotopic (exact) mass is 852 g/mol. The van der Waals surface area contributed by atoms with Crippen molar-refractivity contribution >= 4 is 0 Å². The molecule has 0 spiro atoms. The van der Waals surface area contributed by atoms with Crippen LogP contribution in [0.25, 0.3) is 0 Å². The second-order valence-corrected chi connectivity index (χ2v) is 26.2. The number of ether oxygens (including phenoxy) is 3. The molecule has 3 aliphatic heterocycles. The number of hydrogen-bond acceptors (Lipinski definition) is 4. The van der Waals surface area contributed by atoms with E-state index in [2.05, 4.69) is 4.90 Å². The zero-order chi connectivity index (χ0) is 40.7. The van der Waals surface area contributed by atoms with E-state index in [1.54, 1.807) is 57.8 Å². The molecular weight excluding hydrogens is 759 g/mol. The third-order valence-corrected chi connectivity index (χ3v) is 23.9. The fourth-order valence-electron chi connectivity index (χ4n) is 21.3. The molecule has 0 aromatic rings. The van der Waals surface area contributed by atoms with Crippen LogP contribution in [0.15, 0.2) is 0 Å². The van der Waals surface area contributed by atoms with Gasteiger partial charge in [-0.3, -0.25) is 4.90 Å². The topological polar surface area (TPSA) is 30.9 Å². The van der Waals surface area contributed by atoms with Gasteiger partial charge in [-0.15, -0.1) is 0 Å². The Bertz CT molecular complexity index is 1490. The molecule has 4 heteroatoms. The minimum atomic E-state index is 0.505. The van der Waals surface area contributed by atoms with E-state index < -0.39 is 0 Å². The SMILES string of the molecule is C1CCC(C2CCC(N(C3CCC(C4CCCC5CCCCC54)CC3)C3CCC4C(C3)OC3CC(C5CCCC6C7CCC8OC9CCCCC9C8C7OC56)CCC34)CC2)CC1. The van der Waals surface area contributed by atoms with E-state index >= 15 is 0 Å². The Hall–Kier alpha value is -0.160. The summed E-state index contributed by atoms with van der Waals surface area (Å²) in [6.07, 6.45) is 55.1. The van der Waals surface area contributed by atoms with Crippen molar-refractivity contribution in [2.24, 2.45) is 82.9 Å². The Labute approximate surface area is 380 Å². The van der Waals surface area contributed by atoms with Crippen molar-refractivity contribution in [2.45, 2.75) is 279 Å². The van der Waals surface area contributed by atoms with Gasteiger partial charge in [0, 0.05) is 24.0 Å². The molecule has 62 heavy (non-hydrogen) atoms. The summed E-state index contributed by atoms with van der Waals surface area (Å²) in [4.78, 5) is 3.33. The first-order valence-corrected chi connectivity index (χ1v) is 29.5. The Balaban J connectivity index is 0.676. The van der Waals surface area contributed by atoms with Gasteiger partial charge in [0.25, 0.3) is 0 Å². The zero-order valence-corrected chi connectivity index (χ0v) is 39.7. The molecule has 348 valence electrons. The molecule has 0 radical (unpaired) electrons. The summed E-state index contributed by atoms with van der Waals surface area (Å²) in [7, 11) is 0. The third kappa shape index (κ3) is 7.62. The second kappa shape index (κ2) is 18.1. The lowest BCUT2D eigenvalue weighted by molar-refractivity contribution is -0.0931. The second-order valence-electron chi connectivity index (χ2n) is 26.2. The molecule has 0 bridgehead atoms. The lowest BCUT2D eigenvalue weighted by Crippen LogP contribution is -2.54. The summed E-state index contributed by atoms with van der Waals surface area (Å²) in [5.41, 5.74) is 0. The smallest absolute Gasteiger partial charge is 0.0667 e. The summed E-state index contributed by atoms with van der Waals surface area (Å²) in [6, 6.07) is 2.49. The van der Waals surface area contributed by atoms with Crippen LogP contribution in [0.2, 0.25) is 0 Å². The van der Waals surface area contributed by atoms with E-state index in [0.717, 1.165) is 95.1 Å². The van der Waals surface area contributed by atoms with Gasteiger partial charge < -0.3 is 14.2 Å². The van der Waals surface area contributed by atoms with Crippen LogP contribution < -0.4 is 0 Å². The fraction of sp³-hybridized carbons (Fsp3) is 1.00. The van der Waals surface area contributed by atoms with E-state index in [1.807, 2.05) is 0 Å². The van der Waals surface area contributed by atoms with Gasteiger partial charge in [-0.05, 0) is 218 Å². The van der Waals surface area contributed by atoms with Gasteiger partial charge in [0.1, 0.15) is 0 Å². The van der Waals surface area contributed by atoms with E-state index in [0.29, 0.717) is 42.5 Å². The Morgan fingerprint density at radius 1 is 0.242 bits per heavy atom. The molecule has 13 aliphatic rings. The first kappa shape index (κ1) is 42.0. The van der Waals surface area contributed by atoms with Crippen LogP contribution in [0, 0.1) is 82.9 Å². The van der Waals surface area contributed by atoms with E-state index in [1.165, 1.54) is 167 Å². The molecule has 18 unspecified atom stereocenters. The van der Waals surface area contributed by atoms with Gasteiger partial charge in [0.15, 0.2) is 0 Å². The summed E-state index contributed by atoms with van der Waals surface area (Å²) < 4.78 is 21.9. The molecule has 0 aromatic heterocycles. The highest BCUT2D eigenvalue weighted by atomic mass is 16.5. The average molecular weight is 852 g/mol. The van der Waals surface area contributed by atoms with Gasteiger partial charge in [0.05, 0.1) is 36.6 Å². The molecule has 0 amide bonds. The first-order chi connectivity index (χ1) is 30.7. The molecule has 0 aromatic carbocycles. The molecule has 4 nitrogen and oxygen atoms in total. The standard InChI is InChI=1S/C58H93NO3/c1-2-10-36(11-3-1)37-20-25-41(26-21-37)59(42-27-22-39(23-28-42)45-16-8-13-38-12-4-5-14-44(38)45)43-29-31-48-47-30-24-40(34-54(47)61-55(48)35-43)46-17-9-18-49-50-32-33-53-56(58(50)62-57(46)49)51-15-6-7-19-52(51)60-53/h36-58H,1-35H2. The van der Waals surface area contributed by atoms with Crippen molar-refractivity contribution in [3.63, 3.8) is 0 Å². The van der Waals surface area contributed by atoms with Crippen LogP contribution in [0.1, 0.15) is 225 Å².